The SMILES string of the molecule is Cc1ccc(OCCNC(=O)[C@H](NC(=O)c2ccco2)C(C)C)cc1. The van der Waals surface area contributed by atoms with Crippen LogP contribution in [-0.4, -0.2) is 31.0 Å². The first kappa shape index (κ1) is 18.6. The standard InChI is InChI=1S/C19H24N2O4/c1-13(2)17(21-18(22)16-5-4-11-25-16)19(23)20-10-12-24-15-8-6-14(3)7-9-15/h4-9,11,13,17H,10,12H2,1-3H3,(H,20,23)(H,21,22)/t17-/m1/s1. The van der Waals surface area contributed by atoms with Crippen LogP contribution in [0.5, 0.6) is 5.75 Å². The quantitative estimate of drug-likeness (QED) is 0.721. The summed E-state index contributed by atoms with van der Waals surface area (Å²) < 4.78 is 10.6. The summed E-state index contributed by atoms with van der Waals surface area (Å²) in [5, 5.41) is 5.49. The van der Waals surface area contributed by atoms with E-state index in [2.05, 4.69) is 10.6 Å². The Bertz CT molecular complexity index is 678. The van der Waals surface area contributed by atoms with Gasteiger partial charge in [0.15, 0.2) is 5.76 Å². The molecule has 0 bridgehead atoms. The molecular weight excluding hydrogens is 320 g/mol. The number of benzene rings is 1. The third-order valence-electron chi connectivity index (χ3n) is 3.67. The highest BCUT2D eigenvalue weighted by molar-refractivity contribution is 5.95. The largest absolute Gasteiger partial charge is 0.492 e. The van der Waals surface area contributed by atoms with E-state index in [1.807, 2.05) is 45.0 Å². The lowest BCUT2D eigenvalue weighted by Gasteiger charge is -2.21. The summed E-state index contributed by atoms with van der Waals surface area (Å²) in [7, 11) is 0. The molecule has 1 aromatic carbocycles. The molecule has 6 nitrogen and oxygen atoms in total. The van der Waals surface area contributed by atoms with Crippen LogP contribution >= 0.6 is 0 Å². The number of hydrogen-bond donors (Lipinski definition) is 2. The van der Waals surface area contributed by atoms with Crippen LogP contribution in [0.2, 0.25) is 0 Å². The number of carbonyl (C=O) groups is 2. The molecule has 0 saturated carbocycles. The van der Waals surface area contributed by atoms with Crippen LogP contribution in [0.1, 0.15) is 30.0 Å². The Labute approximate surface area is 147 Å². The highest BCUT2D eigenvalue weighted by Gasteiger charge is 2.25. The van der Waals surface area contributed by atoms with Crippen LogP contribution in [-0.2, 0) is 4.79 Å². The number of hydrogen-bond acceptors (Lipinski definition) is 4. The molecule has 2 amide bonds. The Morgan fingerprint density at radius 2 is 1.88 bits per heavy atom. The summed E-state index contributed by atoms with van der Waals surface area (Å²) in [6.45, 7) is 6.45. The molecule has 2 N–H and O–H groups in total. The summed E-state index contributed by atoms with van der Waals surface area (Å²) in [6, 6.07) is 10.2. The minimum absolute atomic E-state index is 0.0584. The number of aryl methyl sites for hydroxylation is 1. The Morgan fingerprint density at radius 1 is 1.16 bits per heavy atom. The normalized spacial score (nSPS) is 11.8. The predicted octanol–water partition coefficient (Wildman–Crippen LogP) is 2.54. The summed E-state index contributed by atoms with van der Waals surface area (Å²) in [6.07, 6.45) is 1.42. The number of amides is 2. The van der Waals surface area contributed by atoms with Gasteiger partial charge in [-0.05, 0) is 37.1 Å². The smallest absolute Gasteiger partial charge is 0.287 e. The number of nitrogens with one attached hydrogen (secondary N) is 2. The molecule has 0 unspecified atom stereocenters. The number of carbonyl (C=O) groups excluding carboxylic acids is 2. The van der Waals surface area contributed by atoms with Crippen molar-refractivity contribution in [3.8, 4) is 5.75 Å². The van der Waals surface area contributed by atoms with Crippen molar-refractivity contribution >= 4 is 11.8 Å². The molecule has 1 aromatic heterocycles. The van der Waals surface area contributed by atoms with Crippen molar-refractivity contribution in [1.29, 1.82) is 0 Å². The zero-order valence-corrected chi connectivity index (χ0v) is 14.7. The van der Waals surface area contributed by atoms with Crippen LogP contribution in [0.4, 0.5) is 0 Å². The van der Waals surface area contributed by atoms with Gasteiger partial charge in [-0.3, -0.25) is 9.59 Å². The van der Waals surface area contributed by atoms with Gasteiger partial charge < -0.3 is 19.8 Å². The van der Waals surface area contributed by atoms with Crippen LogP contribution in [0.3, 0.4) is 0 Å². The van der Waals surface area contributed by atoms with E-state index in [-0.39, 0.29) is 17.6 Å². The molecule has 6 heteroatoms. The number of rotatable bonds is 8. The average Bonchev–Trinajstić information content (AvgIpc) is 3.12. The molecule has 1 atom stereocenters. The van der Waals surface area contributed by atoms with Crippen molar-refractivity contribution in [2.24, 2.45) is 5.92 Å². The van der Waals surface area contributed by atoms with Crippen LogP contribution in [0.25, 0.3) is 0 Å². The molecule has 2 aromatic rings. The number of ether oxygens (including phenoxy) is 1. The fraction of sp³-hybridized carbons (Fsp3) is 0.368. The maximum absolute atomic E-state index is 12.3. The lowest BCUT2D eigenvalue weighted by atomic mass is 10.0. The van der Waals surface area contributed by atoms with Crippen LogP contribution in [0.15, 0.2) is 47.1 Å². The van der Waals surface area contributed by atoms with Gasteiger partial charge in [-0.15, -0.1) is 0 Å². The molecule has 0 saturated heterocycles. The van der Waals surface area contributed by atoms with Gasteiger partial charge in [-0.25, -0.2) is 0 Å². The first-order valence-corrected chi connectivity index (χ1v) is 8.29. The van der Waals surface area contributed by atoms with E-state index < -0.39 is 11.9 Å². The van der Waals surface area contributed by atoms with Crippen LogP contribution < -0.4 is 15.4 Å². The van der Waals surface area contributed by atoms with Gasteiger partial charge in [-0.2, -0.15) is 0 Å². The van der Waals surface area contributed by atoms with E-state index in [1.54, 1.807) is 12.1 Å². The lowest BCUT2D eigenvalue weighted by Crippen LogP contribution is -2.50. The minimum Gasteiger partial charge on any atom is -0.492 e. The van der Waals surface area contributed by atoms with Gasteiger partial charge in [0, 0.05) is 0 Å². The van der Waals surface area contributed by atoms with E-state index >= 15 is 0 Å². The average molecular weight is 344 g/mol. The third kappa shape index (κ3) is 5.67. The summed E-state index contributed by atoms with van der Waals surface area (Å²) in [4.78, 5) is 24.4. The zero-order chi connectivity index (χ0) is 18.2. The highest BCUT2D eigenvalue weighted by Crippen LogP contribution is 2.11. The Balaban J connectivity index is 1.79. The first-order chi connectivity index (χ1) is 12.0. The number of furan rings is 1. The van der Waals surface area contributed by atoms with Crippen LogP contribution in [0, 0.1) is 12.8 Å². The van der Waals surface area contributed by atoms with Crippen molar-refractivity contribution in [2.75, 3.05) is 13.2 Å². The maximum Gasteiger partial charge on any atom is 0.287 e. The van der Waals surface area contributed by atoms with Crippen molar-refractivity contribution in [3.05, 3.63) is 54.0 Å². The van der Waals surface area contributed by atoms with Gasteiger partial charge in [0.1, 0.15) is 18.4 Å². The molecule has 2 rings (SSSR count). The fourth-order valence-corrected chi connectivity index (χ4v) is 2.24. The monoisotopic (exact) mass is 344 g/mol. The van der Waals surface area contributed by atoms with Crippen molar-refractivity contribution in [1.82, 2.24) is 10.6 Å². The third-order valence-corrected chi connectivity index (χ3v) is 3.67. The summed E-state index contributed by atoms with van der Waals surface area (Å²) in [5.41, 5.74) is 1.16. The van der Waals surface area contributed by atoms with Gasteiger partial charge in [-0.1, -0.05) is 31.5 Å². The first-order valence-electron chi connectivity index (χ1n) is 8.29. The highest BCUT2D eigenvalue weighted by atomic mass is 16.5. The predicted molar refractivity (Wildman–Crippen MR) is 94.5 cm³/mol. The van der Waals surface area contributed by atoms with Crippen molar-refractivity contribution in [2.45, 2.75) is 26.8 Å². The Hall–Kier alpha value is -2.76. The Morgan fingerprint density at radius 3 is 2.48 bits per heavy atom. The molecule has 0 aliphatic carbocycles. The fourth-order valence-electron chi connectivity index (χ4n) is 2.24. The van der Waals surface area contributed by atoms with Crippen molar-refractivity contribution < 1.29 is 18.7 Å². The van der Waals surface area contributed by atoms with Gasteiger partial charge in [0.05, 0.1) is 12.8 Å². The molecule has 0 spiro atoms. The molecule has 0 aliphatic rings. The minimum atomic E-state index is -0.642. The molecule has 134 valence electrons. The topological polar surface area (TPSA) is 80.6 Å². The molecule has 0 fully saturated rings. The second-order valence-corrected chi connectivity index (χ2v) is 6.12. The van der Waals surface area contributed by atoms with Gasteiger partial charge in [0.2, 0.25) is 5.91 Å². The molecular formula is C19H24N2O4. The van der Waals surface area contributed by atoms with Gasteiger partial charge in [0.25, 0.3) is 5.91 Å². The zero-order valence-electron chi connectivity index (χ0n) is 14.7. The molecule has 25 heavy (non-hydrogen) atoms. The van der Waals surface area contributed by atoms with Crippen molar-refractivity contribution in [3.63, 3.8) is 0 Å². The lowest BCUT2D eigenvalue weighted by molar-refractivity contribution is -0.124. The van der Waals surface area contributed by atoms with E-state index in [9.17, 15) is 9.59 Å². The molecule has 0 aliphatic heterocycles. The van der Waals surface area contributed by atoms with E-state index in [1.165, 1.54) is 6.26 Å². The maximum atomic E-state index is 12.3. The van der Waals surface area contributed by atoms with E-state index in [0.29, 0.717) is 13.2 Å². The second kappa shape index (κ2) is 8.92. The molecule has 1 heterocycles. The molecule has 0 radical (unpaired) electrons. The van der Waals surface area contributed by atoms with E-state index in [4.69, 9.17) is 9.15 Å². The summed E-state index contributed by atoms with van der Waals surface area (Å²) >= 11 is 0. The van der Waals surface area contributed by atoms with E-state index in [0.717, 1.165) is 11.3 Å². The van der Waals surface area contributed by atoms with Gasteiger partial charge >= 0.3 is 0 Å². The summed E-state index contributed by atoms with van der Waals surface area (Å²) in [5.74, 6) is 0.224. The Kier molecular flexibility index (Phi) is 6.62. The second-order valence-electron chi connectivity index (χ2n) is 6.12.